The SMILES string of the molecule is CCCN1CCOC(CNC)C1c1cccnc1. The Labute approximate surface area is 109 Å². The lowest BCUT2D eigenvalue weighted by atomic mass is 9.99. The molecule has 100 valence electrons. The van der Waals surface area contributed by atoms with Gasteiger partial charge in [0.2, 0.25) is 0 Å². The molecule has 1 saturated heterocycles. The molecule has 2 rings (SSSR count). The Bertz CT molecular complexity index is 326. The van der Waals surface area contributed by atoms with Crippen molar-refractivity contribution in [1.82, 2.24) is 15.2 Å². The van der Waals surface area contributed by atoms with E-state index in [9.17, 15) is 0 Å². The van der Waals surface area contributed by atoms with Gasteiger partial charge in [-0.25, -0.2) is 0 Å². The van der Waals surface area contributed by atoms with Crippen LogP contribution in [0.25, 0.3) is 0 Å². The summed E-state index contributed by atoms with van der Waals surface area (Å²) in [4.78, 5) is 6.76. The van der Waals surface area contributed by atoms with Gasteiger partial charge in [-0.15, -0.1) is 0 Å². The summed E-state index contributed by atoms with van der Waals surface area (Å²) in [6.07, 6.45) is 5.16. The van der Waals surface area contributed by atoms with Crippen LogP contribution in [0.1, 0.15) is 24.9 Å². The molecule has 0 aromatic carbocycles. The van der Waals surface area contributed by atoms with Crippen LogP contribution in [-0.4, -0.2) is 49.3 Å². The van der Waals surface area contributed by atoms with Gasteiger partial charge in [-0.05, 0) is 31.6 Å². The van der Waals surface area contributed by atoms with Crippen molar-refractivity contribution in [3.8, 4) is 0 Å². The quantitative estimate of drug-likeness (QED) is 0.857. The van der Waals surface area contributed by atoms with Crippen molar-refractivity contribution in [3.63, 3.8) is 0 Å². The van der Waals surface area contributed by atoms with Crippen molar-refractivity contribution < 1.29 is 4.74 Å². The Kier molecular flexibility index (Phi) is 5.11. The number of pyridine rings is 1. The average molecular weight is 249 g/mol. The van der Waals surface area contributed by atoms with Crippen LogP contribution >= 0.6 is 0 Å². The van der Waals surface area contributed by atoms with E-state index in [2.05, 4.69) is 28.2 Å². The van der Waals surface area contributed by atoms with E-state index in [-0.39, 0.29) is 6.10 Å². The first-order valence-corrected chi connectivity index (χ1v) is 6.77. The summed E-state index contributed by atoms with van der Waals surface area (Å²) in [6.45, 7) is 6.04. The molecule has 0 aliphatic carbocycles. The summed E-state index contributed by atoms with van der Waals surface area (Å²) in [6, 6.07) is 4.47. The number of aromatic nitrogens is 1. The Balaban J connectivity index is 2.20. The Morgan fingerprint density at radius 3 is 3.11 bits per heavy atom. The molecule has 2 heterocycles. The normalized spacial score (nSPS) is 25.2. The fraction of sp³-hybridized carbons (Fsp3) is 0.643. The lowest BCUT2D eigenvalue weighted by Gasteiger charge is -2.41. The van der Waals surface area contributed by atoms with Crippen LogP contribution in [0.2, 0.25) is 0 Å². The zero-order valence-electron chi connectivity index (χ0n) is 11.3. The third-order valence-electron chi connectivity index (χ3n) is 3.40. The van der Waals surface area contributed by atoms with E-state index >= 15 is 0 Å². The Morgan fingerprint density at radius 2 is 2.44 bits per heavy atom. The van der Waals surface area contributed by atoms with Crippen molar-refractivity contribution in [1.29, 1.82) is 0 Å². The monoisotopic (exact) mass is 249 g/mol. The molecular weight excluding hydrogens is 226 g/mol. The molecule has 1 aromatic rings. The van der Waals surface area contributed by atoms with Gasteiger partial charge in [0.1, 0.15) is 0 Å². The maximum atomic E-state index is 5.93. The van der Waals surface area contributed by atoms with Crippen LogP contribution in [0.3, 0.4) is 0 Å². The van der Waals surface area contributed by atoms with Crippen LogP contribution in [0.5, 0.6) is 0 Å². The zero-order chi connectivity index (χ0) is 12.8. The molecule has 0 bridgehead atoms. The highest BCUT2D eigenvalue weighted by molar-refractivity contribution is 5.16. The molecule has 1 N–H and O–H groups in total. The molecule has 1 aromatic heterocycles. The topological polar surface area (TPSA) is 37.4 Å². The lowest BCUT2D eigenvalue weighted by Crippen LogP contribution is -2.48. The van der Waals surface area contributed by atoms with Crippen LogP contribution in [0.15, 0.2) is 24.5 Å². The number of ether oxygens (including phenoxy) is 1. The number of nitrogens with one attached hydrogen (secondary N) is 1. The highest BCUT2D eigenvalue weighted by Gasteiger charge is 2.32. The van der Waals surface area contributed by atoms with Crippen LogP contribution in [0.4, 0.5) is 0 Å². The molecule has 1 aliphatic rings. The third-order valence-corrected chi connectivity index (χ3v) is 3.40. The number of nitrogens with zero attached hydrogens (tertiary/aromatic N) is 2. The summed E-state index contributed by atoms with van der Waals surface area (Å²) < 4.78 is 5.93. The fourth-order valence-electron chi connectivity index (χ4n) is 2.67. The van der Waals surface area contributed by atoms with E-state index in [1.54, 1.807) is 0 Å². The van der Waals surface area contributed by atoms with Gasteiger partial charge in [0.25, 0.3) is 0 Å². The molecule has 1 fully saturated rings. The summed E-state index contributed by atoms with van der Waals surface area (Å²) in [5.74, 6) is 0. The maximum Gasteiger partial charge on any atom is 0.0896 e. The second-order valence-electron chi connectivity index (χ2n) is 4.73. The van der Waals surface area contributed by atoms with E-state index in [4.69, 9.17) is 4.74 Å². The van der Waals surface area contributed by atoms with Gasteiger partial charge in [0.05, 0.1) is 18.8 Å². The number of hydrogen-bond acceptors (Lipinski definition) is 4. The predicted molar refractivity (Wildman–Crippen MR) is 72.5 cm³/mol. The van der Waals surface area contributed by atoms with E-state index in [0.717, 1.165) is 26.2 Å². The number of morpholine rings is 1. The minimum Gasteiger partial charge on any atom is -0.374 e. The van der Waals surface area contributed by atoms with E-state index in [1.165, 1.54) is 12.0 Å². The standard InChI is InChI=1S/C14H23N3O/c1-3-7-17-8-9-18-13(11-15-2)14(17)12-5-4-6-16-10-12/h4-6,10,13-15H,3,7-9,11H2,1-2H3. The lowest BCUT2D eigenvalue weighted by molar-refractivity contribution is -0.0705. The largest absolute Gasteiger partial charge is 0.374 e. The smallest absolute Gasteiger partial charge is 0.0896 e. The molecule has 1 aliphatic heterocycles. The summed E-state index contributed by atoms with van der Waals surface area (Å²) in [5, 5.41) is 3.23. The molecule has 18 heavy (non-hydrogen) atoms. The fourth-order valence-corrected chi connectivity index (χ4v) is 2.67. The summed E-state index contributed by atoms with van der Waals surface area (Å²) in [7, 11) is 1.97. The molecule has 0 spiro atoms. The molecular formula is C14H23N3O. The van der Waals surface area contributed by atoms with Crippen molar-refractivity contribution in [3.05, 3.63) is 30.1 Å². The molecule has 4 heteroatoms. The molecule has 0 amide bonds. The van der Waals surface area contributed by atoms with Gasteiger partial charge in [-0.1, -0.05) is 13.0 Å². The Morgan fingerprint density at radius 1 is 1.56 bits per heavy atom. The zero-order valence-corrected chi connectivity index (χ0v) is 11.3. The first-order valence-electron chi connectivity index (χ1n) is 6.77. The van der Waals surface area contributed by atoms with Crippen molar-refractivity contribution in [2.24, 2.45) is 0 Å². The van der Waals surface area contributed by atoms with Gasteiger partial charge in [0.15, 0.2) is 0 Å². The highest BCUT2D eigenvalue weighted by Crippen LogP contribution is 2.28. The minimum atomic E-state index is 0.208. The summed E-state index contributed by atoms with van der Waals surface area (Å²) in [5.41, 5.74) is 1.26. The van der Waals surface area contributed by atoms with Gasteiger partial charge < -0.3 is 10.1 Å². The van der Waals surface area contributed by atoms with Crippen molar-refractivity contribution in [2.45, 2.75) is 25.5 Å². The maximum absolute atomic E-state index is 5.93. The van der Waals surface area contributed by atoms with Crippen LogP contribution in [0, 0.1) is 0 Å². The average Bonchev–Trinajstić information content (AvgIpc) is 2.41. The molecule has 4 nitrogen and oxygen atoms in total. The summed E-state index contributed by atoms with van der Waals surface area (Å²) >= 11 is 0. The number of likely N-dealkylation sites (N-methyl/N-ethyl adjacent to an activating group) is 1. The number of rotatable bonds is 5. The van der Waals surface area contributed by atoms with Gasteiger partial charge in [0, 0.05) is 25.5 Å². The molecule has 0 radical (unpaired) electrons. The second-order valence-corrected chi connectivity index (χ2v) is 4.73. The number of hydrogen-bond donors (Lipinski definition) is 1. The first-order chi connectivity index (χ1) is 8.86. The van der Waals surface area contributed by atoms with Gasteiger partial charge in [-0.3, -0.25) is 9.88 Å². The second kappa shape index (κ2) is 6.83. The Hall–Kier alpha value is -0.970. The van der Waals surface area contributed by atoms with E-state index in [0.29, 0.717) is 6.04 Å². The minimum absolute atomic E-state index is 0.208. The van der Waals surface area contributed by atoms with Crippen LogP contribution < -0.4 is 5.32 Å². The molecule has 0 saturated carbocycles. The first kappa shape index (κ1) is 13.5. The van der Waals surface area contributed by atoms with Crippen molar-refractivity contribution in [2.75, 3.05) is 33.3 Å². The van der Waals surface area contributed by atoms with Gasteiger partial charge in [-0.2, -0.15) is 0 Å². The predicted octanol–water partition coefficient (Wildman–Crippen LogP) is 1.45. The van der Waals surface area contributed by atoms with Gasteiger partial charge >= 0.3 is 0 Å². The van der Waals surface area contributed by atoms with E-state index < -0.39 is 0 Å². The highest BCUT2D eigenvalue weighted by atomic mass is 16.5. The van der Waals surface area contributed by atoms with Crippen molar-refractivity contribution >= 4 is 0 Å². The van der Waals surface area contributed by atoms with E-state index in [1.807, 2.05) is 25.5 Å². The third kappa shape index (κ3) is 3.07. The molecule has 2 unspecified atom stereocenters. The van der Waals surface area contributed by atoms with Crippen LogP contribution in [-0.2, 0) is 4.74 Å². The molecule has 2 atom stereocenters.